The fourth-order valence-corrected chi connectivity index (χ4v) is 3.39. The zero-order valence-electron chi connectivity index (χ0n) is 16.2. The van der Waals surface area contributed by atoms with Crippen LogP contribution in [-0.4, -0.2) is 28.3 Å². The van der Waals surface area contributed by atoms with Crippen LogP contribution < -0.4 is 15.5 Å². The van der Waals surface area contributed by atoms with E-state index < -0.39 is 0 Å². The van der Waals surface area contributed by atoms with Crippen molar-refractivity contribution in [3.8, 4) is 0 Å². The third kappa shape index (κ3) is 4.76. The first-order chi connectivity index (χ1) is 13.8. The molecule has 4 rings (SSSR count). The Kier molecular flexibility index (Phi) is 5.66. The highest BCUT2D eigenvalue weighted by Gasteiger charge is 2.15. The molecule has 1 aliphatic rings. The van der Waals surface area contributed by atoms with Gasteiger partial charge in [-0.1, -0.05) is 37.3 Å². The molecule has 0 unspecified atom stereocenters. The molecular formula is C22H26N6. The lowest BCUT2D eigenvalue weighted by molar-refractivity contribution is 0.438. The summed E-state index contributed by atoms with van der Waals surface area (Å²) in [4.78, 5) is 6.96. The number of hydrogen-bond acceptors (Lipinski definition) is 6. The maximum atomic E-state index is 4.50. The summed E-state index contributed by atoms with van der Waals surface area (Å²) < 4.78 is 0. The van der Waals surface area contributed by atoms with E-state index in [4.69, 9.17) is 0 Å². The minimum absolute atomic E-state index is 0.507. The topological polar surface area (TPSA) is 66.0 Å². The third-order valence-electron chi connectivity index (χ3n) is 5.14. The van der Waals surface area contributed by atoms with E-state index in [-0.39, 0.29) is 0 Å². The first-order valence-electron chi connectivity index (χ1n) is 9.86. The van der Waals surface area contributed by atoms with E-state index in [1.165, 1.54) is 24.1 Å². The van der Waals surface area contributed by atoms with Gasteiger partial charge in [-0.05, 0) is 48.6 Å². The van der Waals surface area contributed by atoms with Gasteiger partial charge in [0.05, 0.1) is 6.20 Å². The van der Waals surface area contributed by atoms with Gasteiger partial charge >= 0.3 is 0 Å². The lowest BCUT2D eigenvalue weighted by atomic mass is 9.99. The average molecular weight is 374 g/mol. The van der Waals surface area contributed by atoms with Gasteiger partial charge in [-0.15, -0.1) is 5.10 Å². The van der Waals surface area contributed by atoms with Crippen molar-refractivity contribution in [2.75, 3.05) is 28.6 Å². The Labute approximate surface area is 166 Å². The number of aromatic nitrogens is 3. The third-order valence-corrected chi connectivity index (χ3v) is 5.14. The lowest BCUT2D eigenvalue weighted by Crippen LogP contribution is -2.32. The molecule has 0 atom stereocenters. The highest BCUT2D eigenvalue weighted by molar-refractivity contribution is 5.61. The van der Waals surface area contributed by atoms with Crippen LogP contribution in [0, 0.1) is 5.92 Å². The molecule has 1 aromatic heterocycles. The SMILES string of the molecule is CC1CCN(c2ccc(Nc3cnnc(NCc4ccccc4)n3)cc2)CC1. The first kappa shape index (κ1) is 18.2. The molecule has 3 aromatic rings. The van der Waals surface area contributed by atoms with Crippen LogP contribution in [0.1, 0.15) is 25.3 Å². The van der Waals surface area contributed by atoms with Crippen LogP contribution in [0.4, 0.5) is 23.1 Å². The largest absolute Gasteiger partial charge is 0.372 e. The molecule has 0 aliphatic carbocycles. The minimum atomic E-state index is 0.507. The van der Waals surface area contributed by atoms with Crippen molar-refractivity contribution in [3.63, 3.8) is 0 Å². The van der Waals surface area contributed by atoms with Crippen LogP contribution in [0.3, 0.4) is 0 Å². The molecule has 6 heteroatoms. The van der Waals surface area contributed by atoms with E-state index in [1.807, 2.05) is 18.2 Å². The van der Waals surface area contributed by atoms with Crippen molar-refractivity contribution in [2.24, 2.45) is 5.92 Å². The number of nitrogens with zero attached hydrogens (tertiary/aromatic N) is 4. The molecule has 0 spiro atoms. The Hall–Kier alpha value is -3.15. The van der Waals surface area contributed by atoms with Crippen molar-refractivity contribution < 1.29 is 0 Å². The highest BCUT2D eigenvalue weighted by Crippen LogP contribution is 2.25. The van der Waals surface area contributed by atoms with Gasteiger partial charge in [0.2, 0.25) is 5.95 Å². The molecule has 144 valence electrons. The second-order valence-electron chi connectivity index (χ2n) is 7.35. The van der Waals surface area contributed by atoms with Crippen LogP contribution in [0.5, 0.6) is 0 Å². The average Bonchev–Trinajstić information content (AvgIpc) is 2.75. The Morgan fingerprint density at radius 2 is 1.75 bits per heavy atom. The van der Waals surface area contributed by atoms with E-state index >= 15 is 0 Å². The Bertz CT molecular complexity index is 873. The molecule has 0 radical (unpaired) electrons. The summed E-state index contributed by atoms with van der Waals surface area (Å²) in [6.45, 7) is 5.28. The van der Waals surface area contributed by atoms with E-state index in [0.717, 1.165) is 24.7 Å². The molecule has 28 heavy (non-hydrogen) atoms. The monoisotopic (exact) mass is 374 g/mol. The summed E-state index contributed by atoms with van der Waals surface area (Å²) in [6.07, 6.45) is 4.17. The normalized spacial score (nSPS) is 14.7. The fraction of sp³-hybridized carbons (Fsp3) is 0.318. The number of anilines is 4. The predicted molar refractivity (Wildman–Crippen MR) is 114 cm³/mol. The minimum Gasteiger partial charge on any atom is -0.372 e. The van der Waals surface area contributed by atoms with Gasteiger partial charge < -0.3 is 15.5 Å². The molecule has 2 N–H and O–H groups in total. The van der Waals surface area contributed by atoms with Crippen LogP contribution in [0.15, 0.2) is 60.8 Å². The Morgan fingerprint density at radius 3 is 2.50 bits per heavy atom. The number of rotatable bonds is 6. The van der Waals surface area contributed by atoms with Gasteiger partial charge in [-0.3, -0.25) is 0 Å². The molecule has 2 aromatic carbocycles. The molecule has 0 saturated carbocycles. The first-order valence-corrected chi connectivity index (χ1v) is 9.86. The number of benzene rings is 2. The van der Waals surface area contributed by atoms with Crippen LogP contribution in [0.2, 0.25) is 0 Å². The summed E-state index contributed by atoms with van der Waals surface area (Å²) in [5.41, 5.74) is 3.44. The standard InChI is InChI=1S/C22H26N6/c1-17-11-13-28(14-12-17)20-9-7-19(8-10-20)25-21-16-24-27-22(26-21)23-15-18-5-3-2-4-6-18/h2-10,16-17H,11-15H2,1H3,(H2,23,25,26,27). The predicted octanol–water partition coefficient (Wildman–Crippen LogP) is 4.46. The van der Waals surface area contributed by atoms with Crippen molar-refractivity contribution in [3.05, 3.63) is 66.4 Å². The quantitative estimate of drug-likeness (QED) is 0.664. The molecule has 6 nitrogen and oxygen atoms in total. The lowest BCUT2D eigenvalue weighted by Gasteiger charge is -2.32. The Morgan fingerprint density at radius 1 is 1.00 bits per heavy atom. The van der Waals surface area contributed by atoms with Crippen molar-refractivity contribution in [1.82, 2.24) is 15.2 Å². The van der Waals surface area contributed by atoms with Gasteiger partial charge in [0, 0.05) is 31.0 Å². The molecule has 1 saturated heterocycles. The molecule has 0 bridgehead atoms. The summed E-state index contributed by atoms with van der Waals surface area (Å²) in [6, 6.07) is 18.7. The fourth-order valence-electron chi connectivity index (χ4n) is 3.39. The maximum absolute atomic E-state index is 4.50. The zero-order chi connectivity index (χ0) is 19.2. The smallest absolute Gasteiger partial charge is 0.244 e. The van der Waals surface area contributed by atoms with Crippen molar-refractivity contribution in [2.45, 2.75) is 26.3 Å². The number of nitrogens with one attached hydrogen (secondary N) is 2. The number of piperidine rings is 1. The van der Waals surface area contributed by atoms with E-state index in [9.17, 15) is 0 Å². The molecular weight excluding hydrogens is 348 g/mol. The van der Waals surface area contributed by atoms with Crippen LogP contribution >= 0.6 is 0 Å². The van der Waals surface area contributed by atoms with Gasteiger partial charge in [0.25, 0.3) is 0 Å². The maximum Gasteiger partial charge on any atom is 0.244 e. The van der Waals surface area contributed by atoms with Crippen LogP contribution in [-0.2, 0) is 6.54 Å². The van der Waals surface area contributed by atoms with Gasteiger partial charge in [-0.25, -0.2) is 0 Å². The molecule has 1 fully saturated rings. The van der Waals surface area contributed by atoms with Gasteiger partial charge in [0.15, 0.2) is 5.82 Å². The second-order valence-corrected chi connectivity index (χ2v) is 7.35. The summed E-state index contributed by atoms with van der Waals surface area (Å²) in [7, 11) is 0. The summed E-state index contributed by atoms with van der Waals surface area (Å²) in [5, 5.41) is 14.6. The molecule has 2 heterocycles. The summed E-state index contributed by atoms with van der Waals surface area (Å²) >= 11 is 0. The van der Waals surface area contributed by atoms with Gasteiger partial charge in [-0.2, -0.15) is 10.1 Å². The zero-order valence-corrected chi connectivity index (χ0v) is 16.2. The number of hydrogen-bond donors (Lipinski definition) is 2. The second kappa shape index (κ2) is 8.69. The Balaban J connectivity index is 1.36. The summed E-state index contributed by atoms with van der Waals surface area (Å²) in [5.74, 6) is 2.02. The van der Waals surface area contributed by atoms with E-state index in [2.05, 4.69) is 74.0 Å². The molecule has 0 amide bonds. The van der Waals surface area contributed by atoms with Crippen LogP contribution in [0.25, 0.3) is 0 Å². The van der Waals surface area contributed by atoms with E-state index in [1.54, 1.807) is 6.20 Å². The molecule has 1 aliphatic heterocycles. The highest BCUT2D eigenvalue weighted by atomic mass is 15.3. The van der Waals surface area contributed by atoms with Crippen molar-refractivity contribution in [1.29, 1.82) is 0 Å². The van der Waals surface area contributed by atoms with Gasteiger partial charge in [0.1, 0.15) is 0 Å². The van der Waals surface area contributed by atoms with Crippen molar-refractivity contribution >= 4 is 23.1 Å². The van der Waals surface area contributed by atoms with E-state index in [0.29, 0.717) is 18.3 Å².